The number of benzene rings is 3. The molecule has 1 aliphatic heterocycles. The number of hydrogen-bond acceptors (Lipinski definition) is 3. The summed E-state index contributed by atoms with van der Waals surface area (Å²) in [6, 6.07) is 20.0. The van der Waals surface area contributed by atoms with Crippen molar-refractivity contribution in [2.24, 2.45) is 0 Å². The quantitative estimate of drug-likeness (QED) is 0.409. The Kier molecular flexibility index (Phi) is 5.50. The van der Waals surface area contributed by atoms with Gasteiger partial charge in [0.15, 0.2) is 0 Å². The second kappa shape index (κ2) is 8.62. The molecule has 3 aromatic carbocycles. The van der Waals surface area contributed by atoms with Gasteiger partial charge >= 0.3 is 0 Å². The van der Waals surface area contributed by atoms with E-state index in [0.717, 1.165) is 17.5 Å². The lowest BCUT2D eigenvalue weighted by atomic mass is 9.88. The number of aromatic nitrogens is 1. The smallest absolute Gasteiger partial charge is 0.229 e. The number of rotatable bonds is 4. The summed E-state index contributed by atoms with van der Waals surface area (Å²) in [5, 5.41) is 0. The molecule has 4 aromatic rings. The normalized spacial score (nSPS) is 15.4. The van der Waals surface area contributed by atoms with Crippen LogP contribution in [-0.2, 0) is 17.6 Å². The molecular formula is C27H22F2N2O2. The van der Waals surface area contributed by atoms with Crippen molar-refractivity contribution in [2.75, 3.05) is 6.54 Å². The third-order valence-electron chi connectivity index (χ3n) is 6.07. The molecule has 1 amide bonds. The fourth-order valence-electron chi connectivity index (χ4n) is 4.42. The molecule has 1 aromatic heterocycles. The van der Waals surface area contributed by atoms with Gasteiger partial charge in [-0.3, -0.25) is 4.79 Å². The first-order valence-corrected chi connectivity index (χ1v) is 10.8. The standard InChI is InChI=1S/C27H22F2N2O2/c1-17-24(30-27(33-17)20-6-4-7-22(29)15-20)16-25(32)31-14-13-18-5-2-3-8-23(18)26(31)19-9-11-21(28)12-10-19/h2-12,15,26H,13-14,16H2,1H3. The van der Waals surface area contributed by atoms with Crippen molar-refractivity contribution in [1.82, 2.24) is 9.88 Å². The average Bonchev–Trinajstić information content (AvgIpc) is 3.19. The maximum Gasteiger partial charge on any atom is 0.229 e. The average molecular weight is 444 g/mol. The highest BCUT2D eigenvalue weighted by Crippen LogP contribution is 2.36. The Labute approximate surface area is 190 Å². The van der Waals surface area contributed by atoms with Gasteiger partial charge in [0.25, 0.3) is 0 Å². The summed E-state index contributed by atoms with van der Waals surface area (Å²) in [6.07, 6.45) is 0.802. The predicted molar refractivity (Wildman–Crippen MR) is 120 cm³/mol. The van der Waals surface area contributed by atoms with E-state index >= 15 is 0 Å². The number of aryl methyl sites for hydroxylation is 1. The summed E-state index contributed by atoms with van der Waals surface area (Å²) in [4.78, 5) is 19.8. The Morgan fingerprint density at radius 1 is 1.03 bits per heavy atom. The van der Waals surface area contributed by atoms with Gasteiger partial charge in [0.1, 0.15) is 17.4 Å². The minimum atomic E-state index is -0.380. The van der Waals surface area contributed by atoms with Crippen LogP contribution >= 0.6 is 0 Å². The van der Waals surface area contributed by atoms with Crippen LogP contribution in [0.15, 0.2) is 77.2 Å². The van der Waals surface area contributed by atoms with Crippen molar-refractivity contribution >= 4 is 5.91 Å². The molecule has 1 atom stereocenters. The first-order chi connectivity index (χ1) is 16.0. The Morgan fingerprint density at radius 3 is 2.61 bits per heavy atom. The lowest BCUT2D eigenvalue weighted by molar-refractivity contribution is -0.132. The van der Waals surface area contributed by atoms with Crippen LogP contribution in [0.5, 0.6) is 0 Å². The Balaban J connectivity index is 1.46. The molecule has 0 saturated heterocycles. The molecule has 0 radical (unpaired) electrons. The van der Waals surface area contributed by atoms with Crippen LogP contribution in [0.1, 0.15) is 34.2 Å². The van der Waals surface area contributed by atoms with Crippen LogP contribution in [-0.4, -0.2) is 22.3 Å². The topological polar surface area (TPSA) is 46.3 Å². The molecule has 1 aliphatic rings. The largest absolute Gasteiger partial charge is 0.441 e. The third kappa shape index (κ3) is 4.16. The Bertz CT molecular complexity index is 1310. The van der Waals surface area contributed by atoms with E-state index in [-0.39, 0.29) is 35.9 Å². The van der Waals surface area contributed by atoms with Gasteiger partial charge in [-0.15, -0.1) is 0 Å². The van der Waals surface area contributed by atoms with Crippen LogP contribution in [0.4, 0.5) is 8.78 Å². The summed E-state index contributed by atoms with van der Waals surface area (Å²) >= 11 is 0. The van der Waals surface area contributed by atoms with Crippen LogP contribution in [0.25, 0.3) is 11.5 Å². The van der Waals surface area contributed by atoms with Gasteiger partial charge in [-0.05, 0) is 60.4 Å². The van der Waals surface area contributed by atoms with E-state index in [2.05, 4.69) is 11.1 Å². The zero-order valence-corrected chi connectivity index (χ0v) is 18.1. The molecule has 0 bridgehead atoms. The predicted octanol–water partition coefficient (Wildman–Crippen LogP) is 5.65. The molecule has 4 nitrogen and oxygen atoms in total. The van der Waals surface area contributed by atoms with Crippen molar-refractivity contribution in [3.8, 4) is 11.5 Å². The van der Waals surface area contributed by atoms with Crippen molar-refractivity contribution < 1.29 is 18.0 Å². The van der Waals surface area contributed by atoms with Gasteiger partial charge < -0.3 is 9.32 Å². The molecule has 0 spiro atoms. The van der Waals surface area contributed by atoms with E-state index in [1.165, 1.54) is 29.8 Å². The molecule has 0 saturated carbocycles. The van der Waals surface area contributed by atoms with E-state index in [1.807, 2.05) is 23.1 Å². The Hall–Kier alpha value is -3.80. The van der Waals surface area contributed by atoms with E-state index in [9.17, 15) is 13.6 Å². The van der Waals surface area contributed by atoms with Gasteiger partial charge in [-0.2, -0.15) is 0 Å². The first kappa shape index (κ1) is 21.1. The lowest BCUT2D eigenvalue weighted by Crippen LogP contribution is -2.41. The van der Waals surface area contributed by atoms with Crippen LogP contribution in [0.2, 0.25) is 0 Å². The van der Waals surface area contributed by atoms with E-state index in [4.69, 9.17) is 4.42 Å². The summed E-state index contributed by atoms with van der Waals surface area (Å²) in [5.41, 5.74) is 4.13. The highest BCUT2D eigenvalue weighted by molar-refractivity contribution is 5.80. The van der Waals surface area contributed by atoms with Gasteiger partial charge in [0.05, 0.1) is 18.2 Å². The zero-order chi connectivity index (χ0) is 22.9. The molecule has 0 N–H and O–H groups in total. The highest BCUT2D eigenvalue weighted by Gasteiger charge is 2.32. The maximum absolute atomic E-state index is 13.6. The molecule has 0 aliphatic carbocycles. The number of oxazole rings is 1. The molecule has 5 rings (SSSR count). The fourth-order valence-corrected chi connectivity index (χ4v) is 4.42. The second-order valence-corrected chi connectivity index (χ2v) is 8.20. The molecule has 33 heavy (non-hydrogen) atoms. The zero-order valence-electron chi connectivity index (χ0n) is 18.1. The molecule has 2 heterocycles. The summed E-state index contributed by atoms with van der Waals surface area (Å²) in [6.45, 7) is 2.30. The van der Waals surface area contributed by atoms with Crippen LogP contribution < -0.4 is 0 Å². The van der Waals surface area contributed by atoms with Crippen LogP contribution in [0, 0.1) is 18.6 Å². The van der Waals surface area contributed by atoms with E-state index < -0.39 is 0 Å². The molecule has 1 unspecified atom stereocenters. The molecule has 0 fully saturated rings. The second-order valence-electron chi connectivity index (χ2n) is 8.20. The minimum Gasteiger partial charge on any atom is -0.441 e. The lowest BCUT2D eigenvalue weighted by Gasteiger charge is -2.38. The first-order valence-electron chi connectivity index (χ1n) is 10.8. The number of carbonyl (C=O) groups excluding carboxylic acids is 1. The minimum absolute atomic E-state index is 0.0600. The van der Waals surface area contributed by atoms with Gasteiger partial charge in [0.2, 0.25) is 11.8 Å². The number of carbonyl (C=O) groups is 1. The van der Waals surface area contributed by atoms with Crippen molar-refractivity contribution in [1.29, 1.82) is 0 Å². The molecule has 6 heteroatoms. The number of nitrogens with zero attached hydrogens (tertiary/aromatic N) is 2. The fraction of sp³-hybridized carbons (Fsp3) is 0.185. The molecule has 166 valence electrons. The van der Waals surface area contributed by atoms with E-state index in [1.54, 1.807) is 31.2 Å². The van der Waals surface area contributed by atoms with Crippen molar-refractivity contribution in [2.45, 2.75) is 25.8 Å². The number of halogens is 2. The summed E-state index contributed by atoms with van der Waals surface area (Å²) < 4.78 is 32.9. The van der Waals surface area contributed by atoms with Crippen molar-refractivity contribution in [3.63, 3.8) is 0 Å². The van der Waals surface area contributed by atoms with Crippen molar-refractivity contribution in [3.05, 3.63) is 113 Å². The Morgan fingerprint density at radius 2 is 1.82 bits per heavy atom. The maximum atomic E-state index is 13.6. The van der Waals surface area contributed by atoms with E-state index in [0.29, 0.717) is 23.6 Å². The summed E-state index contributed by atoms with van der Waals surface area (Å²) in [5.74, 6) is 0.0205. The molecular weight excluding hydrogens is 422 g/mol. The summed E-state index contributed by atoms with van der Waals surface area (Å²) in [7, 11) is 0. The third-order valence-corrected chi connectivity index (χ3v) is 6.07. The highest BCUT2D eigenvalue weighted by atomic mass is 19.1. The SMILES string of the molecule is Cc1oc(-c2cccc(F)c2)nc1CC(=O)N1CCc2ccccc2C1c1ccc(F)cc1. The van der Waals surface area contributed by atoms with Crippen LogP contribution in [0.3, 0.4) is 0 Å². The van der Waals surface area contributed by atoms with Gasteiger partial charge in [-0.1, -0.05) is 42.5 Å². The number of hydrogen-bond donors (Lipinski definition) is 0. The van der Waals surface area contributed by atoms with Gasteiger partial charge in [0, 0.05) is 12.1 Å². The van der Waals surface area contributed by atoms with Gasteiger partial charge in [-0.25, -0.2) is 13.8 Å². The number of fused-ring (bicyclic) bond motifs is 1. The number of amides is 1. The monoisotopic (exact) mass is 444 g/mol.